The monoisotopic (exact) mass is 334 g/mol. The quantitative estimate of drug-likeness (QED) is 0.883. The number of rotatable bonds is 5. The summed E-state index contributed by atoms with van der Waals surface area (Å²) < 4.78 is 27.6. The van der Waals surface area contributed by atoms with E-state index >= 15 is 0 Å². The van der Waals surface area contributed by atoms with Gasteiger partial charge in [0, 0.05) is 24.5 Å². The highest BCUT2D eigenvalue weighted by Gasteiger charge is 2.37. The minimum absolute atomic E-state index is 0.169. The lowest BCUT2D eigenvalue weighted by molar-refractivity contribution is -0.123. The van der Waals surface area contributed by atoms with Crippen molar-refractivity contribution >= 4 is 5.91 Å². The van der Waals surface area contributed by atoms with Crippen LogP contribution < -0.4 is 5.32 Å². The van der Waals surface area contributed by atoms with E-state index in [-0.39, 0.29) is 12.3 Å². The summed E-state index contributed by atoms with van der Waals surface area (Å²) in [5.41, 5.74) is -0.384. The van der Waals surface area contributed by atoms with Gasteiger partial charge in [-0.1, -0.05) is 25.3 Å². The largest absolute Gasteiger partial charge is 0.346 e. The van der Waals surface area contributed by atoms with Crippen LogP contribution in [0.2, 0.25) is 0 Å². The number of carbonyl (C=O) groups is 1. The zero-order valence-corrected chi connectivity index (χ0v) is 13.3. The number of aromatic nitrogens is 3. The standard InChI is InChI=1S/C17H20F2N4O/c18-12-4-5-13(14(19)10-12)17(8-2-1-3-9-17)22-16(24)7-6-15-20-11-21-23-15/h4-5,10-11H,1-3,6-9H2,(H,22,24)(H,20,21,23). The molecule has 0 aliphatic heterocycles. The molecule has 24 heavy (non-hydrogen) atoms. The van der Waals surface area contributed by atoms with E-state index in [9.17, 15) is 13.6 Å². The molecule has 0 unspecified atom stereocenters. The van der Waals surface area contributed by atoms with Crippen molar-refractivity contribution in [2.45, 2.75) is 50.5 Å². The molecule has 1 aliphatic carbocycles. The van der Waals surface area contributed by atoms with E-state index in [0.29, 0.717) is 30.7 Å². The first kappa shape index (κ1) is 16.5. The minimum atomic E-state index is -0.755. The van der Waals surface area contributed by atoms with Gasteiger partial charge in [0.15, 0.2) is 0 Å². The first-order valence-corrected chi connectivity index (χ1v) is 8.20. The Morgan fingerprint density at radius 1 is 1.25 bits per heavy atom. The Labute approximate surface area is 138 Å². The molecule has 0 bridgehead atoms. The van der Waals surface area contributed by atoms with Crippen LogP contribution in [0, 0.1) is 11.6 Å². The average Bonchev–Trinajstić information content (AvgIpc) is 3.07. The summed E-state index contributed by atoms with van der Waals surface area (Å²) in [5, 5.41) is 9.46. The lowest BCUT2D eigenvalue weighted by Gasteiger charge is -2.39. The Balaban J connectivity index is 1.76. The number of amides is 1. The second kappa shape index (κ2) is 7.07. The van der Waals surface area contributed by atoms with Crippen molar-refractivity contribution in [2.24, 2.45) is 0 Å². The van der Waals surface area contributed by atoms with Crippen molar-refractivity contribution in [3.05, 3.63) is 47.5 Å². The highest BCUT2D eigenvalue weighted by atomic mass is 19.1. The van der Waals surface area contributed by atoms with Gasteiger partial charge in [0.25, 0.3) is 0 Å². The normalized spacial score (nSPS) is 16.8. The van der Waals surface area contributed by atoms with Gasteiger partial charge in [-0.25, -0.2) is 13.8 Å². The molecule has 3 rings (SSSR count). The summed E-state index contributed by atoms with van der Waals surface area (Å²) in [7, 11) is 0. The molecule has 1 heterocycles. The third-order valence-electron chi connectivity index (χ3n) is 4.59. The molecule has 1 aromatic carbocycles. The summed E-state index contributed by atoms with van der Waals surface area (Å²) in [6.07, 6.45) is 6.24. The molecule has 1 saturated carbocycles. The molecule has 1 fully saturated rings. The molecule has 2 aromatic rings. The maximum absolute atomic E-state index is 14.3. The molecule has 7 heteroatoms. The van der Waals surface area contributed by atoms with Gasteiger partial charge in [0.05, 0.1) is 5.54 Å². The van der Waals surface area contributed by atoms with Gasteiger partial charge in [-0.05, 0) is 18.9 Å². The van der Waals surface area contributed by atoms with Crippen molar-refractivity contribution < 1.29 is 13.6 Å². The van der Waals surface area contributed by atoms with Crippen LogP contribution >= 0.6 is 0 Å². The predicted octanol–water partition coefficient (Wildman–Crippen LogP) is 2.99. The number of H-pyrrole nitrogens is 1. The number of hydrogen-bond acceptors (Lipinski definition) is 3. The lowest BCUT2D eigenvalue weighted by Crippen LogP contribution is -2.47. The minimum Gasteiger partial charge on any atom is -0.346 e. The van der Waals surface area contributed by atoms with Crippen molar-refractivity contribution in [2.75, 3.05) is 0 Å². The fourth-order valence-corrected chi connectivity index (χ4v) is 3.41. The maximum atomic E-state index is 14.3. The molecule has 1 aliphatic rings. The molecule has 0 spiro atoms. The van der Waals surface area contributed by atoms with E-state index < -0.39 is 17.2 Å². The number of halogens is 2. The molecule has 128 valence electrons. The van der Waals surface area contributed by atoms with Crippen LogP contribution in [-0.2, 0) is 16.8 Å². The number of hydrogen-bond donors (Lipinski definition) is 2. The van der Waals surface area contributed by atoms with Crippen molar-refractivity contribution in [1.29, 1.82) is 0 Å². The molecule has 1 amide bonds. The van der Waals surface area contributed by atoms with Crippen molar-refractivity contribution in [1.82, 2.24) is 20.5 Å². The van der Waals surface area contributed by atoms with Crippen LogP contribution in [0.5, 0.6) is 0 Å². The highest BCUT2D eigenvalue weighted by molar-refractivity contribution is 5.77. The van der Waals surface area contributed by atoms with Gasteiger partial charge in [0.2, 0.25) is 5.91 Å². The fourth-order valence-electron chi connectivity index (χ4n) is 3.41. The zero-order chi connectivity index (χ0) is 17.0. The van der Waals surface area contributed by atoms with E-state index in [2.05, 4.69) is 20.5 Å². The molecule has 1 aromatic heterocycles. The Kier molecular flexibility index (Phi) is 4.87. The summed E-state index contributed by atoms with van der Waals surface area (Å²) in [5.74, 6) is -0.751. The van der Waals surface area contributed by atoms with E-state index in [1.165, 1.54) is 18.5 Å². The molecule has 0 atom stereocenters. The Morgan fingerprint density at radius 2 is 2.04 bits per heavy atom. The molecule has 0 radical (unpaired) electrons. The Bertz CT molecular complexity index is 697. The number of aryl methyl sites for hydroxylation is 1. The van der Waals surface area contributed by atoms with Crippen LogP contribution in [-0.4, -0.2) is 21.1 Å². The SMILES string of the molecule is O=C(CCc1ncn[nH]1)NC1(c2ccc(F)cc2F)CCCCC1. The summed E-state index contributed by atoms with van der Waals surface area (Å²) in [6, 6.07) is 3.58. The van der Waals surface area contributed by atoms with E-state index in [1.54, 1.807) is 0 Å². The van der Waals surface area contributed by atoms with E-state index in [0.717, 1.165) is 25.3 Å². The molecule has 5 nitrogen and oxygen atoms in total. The Hall–Kier alpha value is -2.31. The first-order chi connectivity index (χ1) is 11.6. The molecular formula is C17H20F2N4O. The van der Waals surface area contributed by atoms with Gasteiger partial charge >= 0.3 is 0 Å². The summed E-state index contributed by atoms with van der Waals surface area (Å²) >= 11 is 0. The second-order valence-electron chi connectivity index (χ2n) is 6.25. The van der Waals surface area contributed by atoms with Gasteiger partial charge < -0.3 is 5.32 Å². The maximum Gasteiger partial charge on any atom is 0.221 e. The number of aromatic amines is 1. The van der Waals surface area contributed by atoms with Gasteiger partial charge in [-0.2, -0.15) is 5.10 Å². The van der Waals surface area contributed by atoms with Crippen LogP contribution in [0.1, 0.15) is 49.9 Å². The number of nitrogens with zero attached hydrogens (tertiary/aromatic N) is 2. The van der Waals surface area contributed by atoms with Crippen LogP contribution in [0.15, 0.2) is 24.5 Å². The molecule has 2 N–H and O–H groups in total. The van der Waals surface area contributed by atoms with Crippen molar-refractivity contribution in [3.63, 3.8) is 0 Å². The zero-order valence-electron chi connectivity index (χ0n) is 13.3. The number of carbonyl (C=O) groups excluding carboxylic acids is 1. The van der Waals surface area contributed by atoms with E-state index in [4.69, 9.17) is 0 Å². The first-order valence-electron chi connectivity index (χ1n) is 8.20. The smallest absolute Gasteiger partial charge is 0.221 e. The van der Waals surface area contributed by atoms with Crippen LogP contribution in [0.3, 0.4) is 0 Å². The second-order valence-corrected chi connectivity index (χ2v) is 6.25. The molecular weight excluding hydrogens is 314 g/mol. The van der Waals surface area contributed by atoms with E-state index in [1.807, 2.05) is 0 Å². The Morgan fingerprint density at radius 3 is 2.71 bits per heavy atom. The predicted molar refractivity (Wildman–Crippen MR) is 84.0 cm³/mol. The third kappa shape index (κ3) is 3.60. The van der Waals surface area contributed by atoms with Gasteiger partial charge in [0.1, 0.15) is 23.8 Å². The van der Waals surface area contributed by atoms with Crippen LogP contribution in [0.25, 0.3) is 0 Å². The lowest BCUT2D eigenvalue weighted by atomic mass is 9.76. The van der Waals surface area contributed by atoms with Crippen LogP contribution in [0.4, 0.5) is 8.78 Å². The number of nitrogens with one attached hydrogen (secondary N) is 2. The number of benzene rings is 1. The summed E-state index contributed by atoms with van der Waals surface area (Å²) in [4.78, 5) is 16.4. The average molecular weight is 334 g/mol. The molecule has 0 saturated heterocycles. The summed E-state index contributed by atoms with van der Waals surface area (Å²) in [6.45, 7) is 0. The van der Waals surface area contributed by atoms with Gasteiger partial charge in [-0.3, -0.25) is 9.89 Å². The van der Waals surface area contributed by atoms with Gasteiger partial charge in [-0.15, -0.1) is 0 Å². The topological polar surface area (TPSA) is 70.7 Å². The third-order valence-corrected chi connectivity index (χ3v) is 4.59. The highest BCUT2D eigenvalue weighted by Crippen LogP contribution is 2.38. The van der Waals surface area contributed by atoms with Crippen molar-refractivity contribution in [3.8, 4) is 0 Å². The fraction of sp³-hybridized carbons (Fsp3) is 0.471.